The zero-order valence-corrected chi connectivity index (χ0v) is 9.52. The van der Waals surface area contributed by atoms with Crippen LogP contribution >= 0.6 is 12.2 Å². The van der Waals surface area contributed by atoms with Crippen molar-refractivity contribution >= 4 is 17.3 Å². The Kier molecular flexibility index (Phi) is 3.95. The summed E-state index contributed by atoms with van der Waals surface area (Å²) in [5.41, 5.74) is 0. The molecule has 0 fully saturated rings. The van der Waals surface area contributed by atoms with Crippen molar-refractivity contribution in [1.82, 2.24) is 10.6 Å². The molecule has 2 N–H and O–H groups in total. The van der Waals surface area contributed by atoms with Crippen molar-refractivity contribution in [2.75, 3.05) is 0 Å². The summed E-state index contributed by atoms with van der Waals surface area (Å²) in [7, 11) is 0. The minimum atomic E-state index is 0.101. The van der Waals surface area contributed by atoms with E-state index in [1.807, 2.05) is 32.9 Å². The monoisotopic (exact) mass is 212 g/mol. The average Bonchev–Trinajstić information content (AvgIpc) is 2.53. The maximum absolute atomic E-state index is 5.25. The number of rotatable bonds is 3. The molecule has 0 saturated carbocycles. The molecule has 1 rings (SSSR count). The number of hydrogen-bond acceptors (Lipinski definition) is 2. The van der Waals surface area contributed by atoms with Crippen LogP contribution in [0.5, 0.6) is 0 Å². The summed E-state index contributed by atoms with van der Waals surface area (Å²) in [6.07, 6.45) is 1.66. The Morgan fingerprint density at radius 1 is 1.36 bits per heavy atom. The summed E-state index contributed by atoms with van der Waals surface area (Å²) in [6, 6.07) is 4.24. The lowest BCUT2D eigenvalue weighted by atomic mass is 10.2. The molecule has 0 aliphatic rings. The van der Waals surface area contributed by atoms with Crippen molar-refractivity contribution < 1.29 is 4.42 Å². The van der Waals surface area contributed by atoms with Gasteiger partial charge in [0.05, 0.1) is 12.3 Å². The van der Waals surface area contributed by atoms with Crippen molar-refractivity contribution in [3.05, 3.63) is 24.2 Å². The number of nitrogens with one attached hydrogen (secondary N) is 2. The number of furan rings is 1. The standard InChI is InChI=1S/C10H16N2OS/c1-7(2)11-10(14)12-8(3)9-5-4-6-13-9/h4-8H,1-3H3,(H2,11,12,14). The fourth-order valence-corrected chi connectivity index (χ4v) is 1.52. The molecule has 0 radical (unpaired) electrons. The quantitative estimate of drug-likeness (QED) is 0.753. The van der Waals surface area contributed by atoms with Gasteiger partial charge in [-0.2, -0.15) is 0 Å². The zero-order valence-electron chi connectivity index (χ0n) is 8.70. The van der Waals surface area contributed by atoms with E-state index in [9.17, 15) is 0 Å². The lowest BCUT2D eigenvalue weighted by Crippen LogP contribution is -2.40. The maximum atomic E-state index is 5.25. The third-order valence-corrected chi connectivity index (χ3v) is 1.97. The highest BCUT2D eigenvalue weighted by Crippen LogP contribution is 2.11. The van der Waals surface area contributed by atoms with Crippen LogP contribution in [-0.2, 0) is 0 Å². The van der Waals surface area contributed by atoms with Crippen LogP contribution in [-0.4, -0.2) is 11.2 Å². The van der Waals surface area contributed by atoms with E-state index in [2.05, 4.69) is 10.6 Å². The molecule has 1 aromatic heterocycles. The first-order chi connectivity index (χ1) is 6.59. The average molecular weight is 212 g/mol. The van der Waals surface area contributed by atoms with E-state index in [0.29, 0.717) is 11.2 Å². The predicted octanol–water partition coefficient (Wildman–Crippen LogP) is 2.21. The van der Waals surface area contributed by atoms with Crippen molar-refractivity contribution in [2.24, 2.45) is 0 Å². The Bertz CT molecular complexity index is 282. The smallest absolute Gasteiger partial charge is 0.167 e. The number of thiocarbonyl (C=S) groups is 1. The summed E-state index contributed by atoms with van der Waals surface area (Å²) < 4.78 is 5.25. The SMILES string of the molecule is CC(C)NC(=S)NC(C)c1ccco1. The summed E-state index contributed by atoms with van der Waals surface area (Å²) in [5.74, 6) is 0.887. The Hall–Kier alpha value is -1.03. The summed E-state index contributed by atoms with van der Waals surface area (Å²) in [6.45, 7) is 6.10. The van der Waals surface area contributed by atoms with Crippen LogP contribution in [0, 0.1) is 0 Å². The van der Waals surface area contributed by atoms with Gasteiger partial charge in [-0.05, 0) is 45.1 Å². The van der Waals surface area contributed by atoms with Crippen LogP contribution in [0.3, 0.4) is 0 Å². The molecule has 0 saturated heterocycles. The van der Waals surface area contributed by atoms with Gasteiger partial charge in [-0.3, -0.25) is 0 Å². The Morgan fingerprint density at radius 3 is 2.57 bits per heavy atom. The van der Waals surface area contributed by atoms with Gasteiger partial charge in [0.2, 0.25) is 0 Å². The van der Waals surface area contributed by atoms with Crippen LogP contribution < -0.4 is 10.6 Å². The normalized spacial score (nSPS) is 12.6. The molecule has 3 nitrogen and oxygen atoms in total. The van der Waals surface area contributed by atoms with Gasteiger partial charge >= 0.3 is 0 Å². The van der Waals surface area contributed by atoms with Gasteiger partial charge in [0.25, 0.3) is 0 Å². The van der Waals surface area contributed by atoms with Gasteiger partial charge in [0.1, 0.15) is 5.76 Å². The Balaban J connectivity index is 2.41. The first-order valence-electron chi connectivity index (χ1n) is 4.70. The molecule has 1 heterocycles. The second-order valence-corrected chi connectivity index (χ2v) is 3.92. The molecule has 78 valence electrons. The molecule has 4 heteroatoms. The van der Waals surface area contributed by atoms with Gasteiger partial charge in [-0.15, -0.1) is 0 Å². The highest BCUT2D eigenvalue weighted by molar-refractivity contribution is 7.80. The first kappa shape index (κ1) is 11.0. The molecule has 0 aliphatic heterocycles. The topological polar surface area (TPSA) is 37.2 Å². The highest BCUT2D eigenvalue weighted by atomic mass is 32.1. The summed E-state index contributed by atoms with van der Waals surface area (Å²) in [4.78, 5) is 0. The van der Waals surface area contributed by atoms with E-state index in [-0.39, 0.29) is 6.04 Å². The molecule has 0 bridgehead atoms. The molecule has 1 aromatic rings. The van der Waals surface area contributed by atoms with E-state index < -0.39 is 0 Å². The number of hydrogen-bond donors (Lipinski definition) is 2. The van der Waals surface area contributed by atoms with Crippen LogP contribution in [0.15, 0.2) is 22.8 Å². The fraction of sp³-hybridized carbons (Fsp3) is 0.500. The molecular formula is C10H16N2OS. The van der Waals surface area contributed by atoms with Crippen molar-refractivity contribution in [3.63, 3.8) is 0 Å². The molecule has 1 atom stereocenters. The van der Waals surface area contributed by atoms with Gasteiger partial charge in [0.15, 0.2) is 5.11 Å². The van der Waals surface area contributed by atoms with Crippen LogP contribution in [0.4, 0.5) is 0 Å². The van der Waals surface area contributed by atoms with E-state index in [0.717, 1.165) is 5.76 Å². The molecule has 0 spiro atoms. The third-order valence-electron chi connectivity index (χ3n) is 1.74. The minimum Gasteiger partial charge on any atom is -0.467 e. The second-order valence-electron chi connectivity index (χ2n) is 3.51. The first-order valence-corrected chi connectivity index (χ1v) is 5.11. The van der Waals surface area contributed by atoms with Gasteiger partial charge in [0, 0.05) is 6.04 Å². The lowest BCUT2D eigenvalue weighted by molar-refractivity contribution is 0.461. The summed E-state index contributed by atoms with van der Waals surface area (Å²) in [5, 5.41) is 6.91. The molecule has 1 unspecified atom stereocenters. The Labute approximate surface area is 89.9 Å². The van der Waals surface area contributed by atoms with Crippen molar-refractivity contribution in [2.45, 2.75) is 32.9 Å². The molecular weight excluding hydrogens is 196 g/mol. The zero-order chi connectivity index (χ0) is 10.6. The second kappa shape index (κ2) is 5.00. The largest absolute Gasteiger partial charge is 0.467 e. The van der Waals surface area contributed by atoms with E-state index in [4.69, 9.17) is 16.6 Å². The lowest BCUT2D eigenvalue weighted by Gasteiger charge is -2.16. The van der Waals surface area contributed by atoms with Crippen LogP contribution in [0.1, 0.15) is 32.6 Å². The molecule has 0 amide bonds. The maximum Gasteiger partial charge on any atom is 0.167 e. The fourth-order valence-electron chi connectivity index (χ4n) is 1.11. The van der Waals surface area contributed by atoms with E-state index >= 15 is 0 Å². The van der Waals surface area contributed by atoms with Gasteiger partial charge in [-0.25, -0.2) is 0 Å². The van der Waals surface area contributed by atoms with E-state index in [1.165, 1.54) is 0 Å². The summed E-state index contributed by atoms with van der Waals surface area (Å²) >= 11 is 5.12. The van der Waals surface area contributed by atoms with Crippen molar-refractivity contribution in [1.29, 1.82) is 0 Å². The molecule has 0 aromatic carbocycles. The Morgan fingerprint density at radius 2 is 2.07 bits per heavy atom. The molecule has 14 heavy (non-hydrogen) atoms. The highest BCUT2D eigenvalue weighted by Gasteiger charge is 2.09. The van der Waals surface area contributed by atoms with Gasteiger partial charge in [-0.1, -0.05) is 0 Å². The molecule has 0 aliphatic carbocycles. The van der Waals surface area contributed by atoms with E-state index in [1.54, 1.807) is 6.26 Å². The minimum absolute atomic E-state index is 0.101. The third kappa shape index (κ3) is 3.38. The van der Waals surface area contributed by atoms with Gasteiger partial charge < -0.3 is 15.1 Å². The van der Waals surface area contributed by atoms with Crippen LogP contribution in [0.2, 0.25) is 0 Å². The van der Waals surface area contributed by atoms with Crippen LogP contribution in [0.25, 0.3) is 0 Å². The van der Waals surface area contributed by atoms with Crippen molar-refractivity contribution in [3.8, 4) is 0 Å². The predicted molar refractivity (Wildman–Crippen MR) is 61.1 cm³/mol.